The number of carbonyl (C=O) groups is 2. The zero-order valence-electron chi connectivity index (χ0n) is 14.0. The number of ether oxygens (including phenoxy) is 3. The number of methoxy groups -OCH3 is 1. The van der Waals surface area contributed by atoms with Crippen LogP contribution in [0.3, 0.4) is 0 Å². The molecule has 4 unspecified atom stereocenters. The molecule has 25 heavy (non-hydrogen) atoms. The van der Waals surface area contributed by atoms with E-state index in [1.165, 1.54) is 4.90 Å². The van der Waals surface area contributed by atoms with Gasteiger partial charge in [-0.2, -0.15) is 0 Å². The van der Waals surface area contributed by atoms with Crippen LogP contribution in [0.5, 0.6) is 11.5 Å². The number of carboxylic acids is 1. The van der Waals surface area contributed by atoms with Gasteiger partial charge in [0.15, 0.2) is 11.5 Å². The molecule has 0 radical (unpaired) electrons. The molecule has 4 rings (SSSR count). The minimum Gasteiger partial charge on any atom is -0.486 e. The normalized spacial score (nSPS) is 30.2. The number of likely N-dealkylation sites (tertiary alicyclic amines) is 1. The van der Waals surface area contributed by atoms with E-state index in [2.05, 4.69) is 0 Å². The molecule has 2 fully saturated rings. The Morgan fingerprint density at radius 3 is 2.68 bits per heavy atom. The van der Waals surface area contributed by atoms with Crippen molar-refractivity contribution in [2.45, 2.75) is 30.9 Å². The maximum absolute atomic E-state index is 12.8. The summed E-state index contributed by atoms with van der Waals surface area (Å²) in [6, 6.07) is 4.98. The van der Waals surface area contributed by atoms with Gasteiger partial charge in [-0.15, -0.1) is 0 Å². The number of hydrogen-bond donors (Lipinski definition) is 1. The first-order chi connectivity index (χ1) is 12.1. The Hall–Kier alpha value is -2.28. The molecule has 2 heterocycles. The monoisotopic (exact) mass is 347 g/mol. The lowest BCUT2D eigenvalue weighted by molar-refractivity contribution is -0.148. The van der Waals surface area contributed by atoms with Gasteiger partial charge in [-0.3, -0.25) is 4.79 Å². The quantitative estimate of drug-likeness (QED) is 0.883. The summed E-state index contributed by atoms with van der Waals surface area (Å²) >= 11 is 0. The molecule has 1 amide bonds. The van der Waals surface area contributed by atoms with Crippen LogP contribution in [-0.2, 0) is 14.3 Å². The van der Waals surface area contributed by atoms with Gasteiger partial charge in [0.25, 0.3) is 0 Å². The van der Waals surface area contributed by atoms with E-state index in [1.807, 2.05) is 18.2 Å². The highest BCUT2D eigenvalue weighted by molar-refractivity contribution is 5.88. The second-order valence-corrected chi connectivity index (χ2v) is 6.79. The Balaban J connectivity index is 1.47. The number of aliphatic carboxylic acids is 1. The van der Waals surface area contributed by atoms with Crippen molar-refractivity contribution in [2.24, 2.45) is 5.92 Å². The summed E-state index contributed by atoms with van der Waals surface area (Å²) in [5.41, 5.74) is 1.04. The molecule has 7 heteroatoms. The molecule has 4 atom stereocenters. The van der Waals surface area contributed by atoms with Crippen LogP contribution in [0.2, 0.25) is 0 Å². The third-order valence-corrected chi connectivity index (χ3v) is 5.27. The van der Waals surface area contributed by atoms with Crippen molar-refractivity contribution in [1.29, 1.82) is 0 Å². The van der Waals surface area contributed by atoms with Gasteiger partial charge < -0.3 is 24.2 Å². The fourth-order valence-electron chi connectivity index (χ4n) is 3.79. The first-order valence-electron chi connectivity index (χ1n) is 8.54. The van der Waals surface area contributed by atoms with E-state index >= 15 is 0 Å². The van der Waals surface area contributed by atoms with Gasteiger partial charge in [0, 0.05) is 26.0 Å². The molecule has 7 nitrogen and oxygen atoms in total. The summed E-state index contributed by atoms with van der Waals surface area (Å²) in [5.74, 6) is 0.327. The van der Waals surface area contributed by atoms with E-state index < -0.39 is 12.0 Å². The highest BCUT2D eigenvalue weighted by Gasteiger charge is 2.50. The average Bonchev–Trinajstić information content (AvgIpc) is 3.31. The molecule has 3 aliphatic rings. The first-order valence-corrected chi connectivity index (χ1v) is 8.54. The Morgan fingerprint density at radius 2 is 1.96 bits per heavy atom. The number of carbonyl (C=O) groups excluding carboxylic acids is 1. The topological polar surface area (TPSA) is 85.3 Å². The number of carboxylic acid groups (broad SMARTS) is 1. The highest BCUT2D eigenvalue weighted by atomic mass is 16.6. The molecule has 1 aromatic rings. The predicted molar refractivity (Wildman–Crippen MR) is 86.8 cm³/mol. The van der Waals surface area contributed by atoms with E-state index in [9.17, 15) is 14.7 Å². The standard InChI is InChI=1S/C18H21NO6/c1-23-11-7-14(18(21)22)19(9-11)17(20)13-8-12(13)10-2-3-15-16(6-10)25-5-4-24-15/h2-3,6,11-14H,4-5,7-9H2,1H3,(H,21,22). The molecule has 1 N–H and O–H groups in total. The van der Waals surface area contributed by atoms with Gasteiger partial charge in [-0.1, -0.05) is 6.07 Å². The van der Waals surface area contributed by atoms with Gasteiger partial charge in [-0.05, 0) is 30.0 Å². The Labute approximate surface area is 145 Å². The third kappa shape index (κ3) is 2.93. The lowest BCUT2D eigenvalue weighted by Crippen LogP contribution is -2.41. The van der Waals surface area contributed by atoms with Crippen molar-refractivity contribution in [3.05, 3.63) is 23.8 Å². The summed E-state index contributed by atoms with van der Waals surface area (Å²) in [5, 5.41) is 9.38. The largest absolute Gasteiger partial charge is 0.486 e. The molecule has 1 saturated carbocycles. The van der Waals surface area contributed by atoms with Crippen LogP contribution in [-0.4, -0.2) is 60.9 Å². The van der Waals surface area contributed by atoms with E-state index in [0.717, 1.165) is 17.7 Å². The van der Waals surface area contributed by atoms with E-state index in [1.54, 1.807) is 7.11 Å². The number of fused-ring (bicyclic) bond motifs is 1. The van der Waals surface area contributed by atoms with E-state index in [-0.39, 0.29) is 23.8 Å². The lowest BCUT2D eigenvalue weighted by Gasteiger charge is -2.22. The SMILES string of the molecule is COC1CC(C(=O)O)N(C(=O)C2CC2c2ccc3c(c2)OCCO3)C1. The molecule has 0 bridgehead atoms. The number of amides is 1. The van der Waals surface area contributed by atoms with Crippen LogP contribution in [0.1, 0.15) is 24.3 Å². The van der Waals surface area contributed by atoms with Crippen LogP contribution in [0.15, 0.2) is 18.2 Å². The molecule has 2 aliphatic heterocycles. The minimum absolute atomic E-state index is 0.0909. The predicted octanol–water partition coefficient (Wildman–Crippen LogP) is 1.26. The van der Waals surface area contributed by atoms with Crippen LogP contribution in [0, 0.1) is 5.92 Å². The Morgan fingerprint density at radius 1 is 1.20 bits per heavy atom. The van der Waals surface area contributed by atoms with E-state index in [0.29, 0.717) is 31.9 Å². The van der Waals surface area contributed by atoms with Crippen molar-refractivity contribution in [2.75, 3.05) is 26.9 Å². The average molecular weight is 347 g/mol. The molecule has 0 spiro atoms. The number of hydrogen-bond acceptors (Lipinski definition) is 5. The summed E-state index contributed by atoms with van der Waals surface area (Å²) in [4.78, 5) is 25.7. The molecule has 1 saturated heterocycles. The first kappa shape index (κ1) is 16.2. The van der Waals surface area contributed by atoms with E-state index in [4.69, 9.17) is 14.2 Å². The smallest absolute Gasteiger partial charge is 0.326 e. The number of benzene rings is 1. The molecule has 0 aromatic heterocycles. The molecular weight excluding hydrogens is 326 g/mol. The van der Waals surface area contributed by atoms with Crippen LogP contribution >= 0.6 is 0 Å². The van der Waals surface area contributed by atoms with Crippen molar-refractivity contribution < 1.29 is 28.9 Å². The zero-order chi connectivity index (χ0) is 17.6. The van der Waals surface area contributed by atoms with Crippen LogP contribution in [0.25, 0.3) is 0 Å². The lowest BCUT2D eigenvalue weighted by atomic mass is 10.1. The fraction of sp³-hybridized carbons (Fsp3) is 0.556. The molecular formula is C18H21NO6. The van der Waals surface area contributed by atoms with Gasteiger partial charge in [-0.25, -0.2) is 4.79 Å². The second-order valence-electron chi connectivity index (χ2n) is 6.79. The Kier molecular flexibility index (Phi) is 4.03. The van der Waals surface area contributed by atoms with Crippen molar-refractivity contribution in [1.82, 2.24) is 4.90 Å². The van der Waals surface area contributed by atoms with Gasteiger partial charge in [0.2, 0.25) is 5.91 Å². The molecule has 1 aromatic carbocycles. The zero-order valence-corrected chi connectivity index (χ0v) is 14.0. The number of rotatable bonds is 4. The summed E-state index contributed by atoms with van der Waals surface area (Å²) < 4.78 is 16.4. The minimum atomic E-state index is -0.968. The van der Waals surface area contributed by atoms with Crippen molar-refractivity contribution in [3.63, 3.8) is 0 Å². The van der Waals surface area contributed by atoms with Gasteiger partial charge in [0.05, 0.1) is 6.10 Å². The fourth-order valence-corrected chi connectivity index (χ4v) is 3.79. The van der Waals surface area contributed by atoms with Crippen LogP contribution < -0.4 is 9.47 Å². The maximum Gasteiger partial charge on any atom is 0.326 e. The van der Waals surface area contributed by atoms with Crippen LogP contribution in [0.4, 0.5) is 0 Å². The Bertz CT molecular complexity index is 705. The van der Waals surface area contributed by atoms with Gasteiger partial charge >= 0.3 is 5.97 Å². The molecule has 1 aliphatic carbocycles. The van der Waals surface area contributed by atoms with Crippen molar-refractivity contribution in [3.8, 4) is 11.5 Å². The summed E-state index contributed by atoms with van der Waals surface area (Å²) in [6.45, 7) is 1.41. The van der Waals surface area contributed by atoms with Gasteiger partial charge in [0.1, 0.15) is 19.3 Å². The summed E-state index contributed by atoms with van der Waals surface area (Å²) in [6.07, 6.45) is 0.870. The number of nitrogens with zero attached hydrogens (tertiary/aromatic N) is 1. The molecule has 134 valence electrons. The second kappa shape index (κ2) is 6.22. The highest BCUT2D eigenvalue weighted by Crippen LogP contribution is 2.50. The summed E-state index contributed by atoms with van der Waals surface area (Å²) in [7, 11) is 1.55. The maximum atomic E-state index is 12.8. The third-order valence-electron chi connectivity index (χ3n) is 5.27. The van der Waals surface area contributed by atoms with Crippen molar-refractivity contribution >= 4 is 11.9 Å².